The van der Waals surface area contributed by atoms with Gasteiger partial charge < -0.3 is 15.2 Å². The van der Waals surface area contributed by atoms with Crippen molar-refractivity contribution >= 4 is 23.4 Å². The largest absolute Gasteiger partial charge is 0.397 e. The highest BCUT2D eigenvalue weighted by atomic mass is 16.2. The van der Waals surface area contributed by atoms with E-state index in [0.717, 1.165) is 0 Å². The summed E-state index contributed by atoms with van der Waals surface area (Å²) in [4.78, 5) is 37.0. The monoisotopic (exact) mass is 264 g/mol. The number of nitrogens with zero attached hydrogens (tertiary/aromatic N) is 2. The summed E-state index contributed by atoms with van der Waals surface area (Å²) in [5.41, 5.74) is 5.35. The summed E-state index contributed by atoms with van der Waals surface area (Å²) in [6.07, 6.45) is 1.60. The van der Waals surface area contributed by atoms with Crippen molar-refractivity contribution in [3.8, 4) is 0 Å². The van der Waals surface area contributed by atoms with Gasteiger partial charge >= 0.3 is 0 Å². The Morgan fingerprint density at radius 3 is 2.58 bits per heavy atom. The molecule has 0 spiro atoms. The van der Waals surface area contributed by atoms with Crippen molar-refractivity contribution in [2.45, 2.75) is 19.4 Å². The van der Waals surface area contributed by atoms with E-state index in [-0.39, 0.29) is 6.54 Å². The van der Waals surface area contributed by atoms with Gasteiger partial charge in [0.1, 0.15) is 17.8 Å². The molecule has 3 N–H and O–H groups in total. The van der Waals surface area contributed by atoms with Crippen molar-refractivity contribution in [2.75, 3.05) is 12.3 Å². The predicted molar refractivity (Wildman–Crippen MR) is 68.1 cm³/mol. The van der Waals surface area contributed by atoms with Gasteiger partial charge in [-0.05, 0) is 19.9 Å². The first-order chi connectivity index (χ1) is 8.73. The number of hydrogen-bond acceptors (Lipinski definition) is 4. The minimum atomic E-state index is -1.08. The van der Waals surface area contributed by atoms with Crippen LogP contribution in [0.4, 0.5) is 5.69 Å². The van der Waals surface area contributed by atoms with E-state index < -0.39 is 23.3 Å². The number of carbonyl (C=O) groups is 3. The fourth-order valence-corrected chi connectivity index (χ4v) is 2.05. The lowest BCUT2D eigenvalue weighted by molar-refractivity contribution is -0.143. The average molecular weight is 264 g/mol. The summed E-state index contributed by atoms with van der Waals surface area (Å²) in [6, 6.07) is 1.52. The Morgan fingerprint density at radius 1 is 1.42 bits per heavy atom. The van der Waals surface area contributed by atoms with Crippen molar-refractivity contribution in [2.24, 2.45) is 7.05 Å². The number of nitrogen functional groups attached to an aromatic ring is 1. The van der Waals surface area contributed by atoms with Gasteiger partial charge in [-0.25, -0.2) is 0 Å². The summed E-state index contributed by atoms with van der Waals surface area (Å²) in [7, 11) is 1.68. The van der Waals surface area contributed by atoms with Crippen LogP contribution in [0.1, 0.15) is 24.3 Å². The summed E-state index contributed by atoms with van der Waals surface area (Å²) in [5, 5.41) is 2.22. The van der Waals surface area contributed by atoms with Gasteiger partial charge in [-0.1, -0.05) is 0 Å². The maximum absolute atomic E-state index is 12.5. The topological polar surface area (TPSA) is 97.4 Å². The molecule has 1 aromatic rings. The number of aryl methyl sites for hydroxylation is 1. The van der Waals surface area contributed by atoms with Crippen LogP contribution in [0.3, 0.4) is 0 Å². The molecule has 3 amide bonds. The van der Waals surface area contributed by atoms with Gasteiger partial charge in [-0.3, -0.25) is 19.7 Å². The van der Waals surface area contributed by atoms with E-state index >= 15 is 0 Å². The van der Waals surface area contributed by atoms with Crippen LogP contribution in [-0.2, 0) is 16.6 Å². The number of amides is 3. The third-order valence-corrected chi connectivity index (χ3v) is 3.28. The lowest BCUT2D eigenvalue weighted by atomic mass is 9.98. The molecule has 0 unspecified atom stereocenters. The van der Waals surface area contributed by atoms with Gasteiger partial charge in [0.25, 0.3) is 11.8 Å². The molecule has 0 atom stereocenters. The summed E-state index contributed by atoms with van der Waals surface area (Å²) in [5.74, 6) is -1.37. The highest BCUT2D eigenvalue weighted by Gasteiger charge is 2.44. The standard InChI is InChI=1S/C12H16N4O3/c1-12(2)11(19)14-9(17)6-16(12)10(18)8-4-7(13)5-15(8)3/h4-5H,6,13H2,1-3H3,(H,14,17,19). The van der Waals surface area contributed by atoms with Gasteiger partial charge in [-0.2, -0.15) is 0 Å². The molecular weight excluding hydrogens is 248 g/mol. The van der Waals surface area contributed by atoms with Crippen molar-refractivity contribution < 1.29 is 14.4 Å². The molecule has 1 aliphatic rings. The van der Waals surface area contributed by atoms with E-state index in [1.165, 1.54) is 11.0 Å². The minimum Gasteiger partial charge on any atom is -0.397 e. The Morgan fingerprint density at radius 2 is 2.05 bits per heavy atom. The first kappa shape index (κ1) is 13.1. The number of aromatic nitrogens is 1. The molecule has 1 aliphatic heterocycles. The van der Waals surface area contributed by atoms with Crippen LogP contribution >= 0.6 is 0 Å². The van der Waals surface area contributed by atoms with Crippen LogP contribution in [0, 0.1) is 0 Å². The maximum atomic E-state index is 12.5. The Labute approximate surface area is 110 Å². The average Bonchev–Trinajstić information content (AvgIpc) is 2.62. The molecular formula is C12H16N4O3. The molecule has 19 heavy (non-hydrogen) atoms. The molecule has 0 radical (unpaired) electrons. The highest BCUT2D eigenvalue weighted by molar-refractivity contribution is 6.08. The third-order valence-electron chi connectivity index (χ3n) is 3.28. The van der Waals surface area contributed by atoms with Crippen LogP contribution in [0.5, 0.6) is 0 Å². The van der Waals surface area contributed by atoms with E-state index in [1.807, 2.05) is 0 Å². The Kier molecular flexibility index (Phi) is 2.84. The molecule has 0 saturated carbocycles. The molecule has 0 aromatic carbocycles. The molecule has 2 rings (SSSR count). The van der Waals surface area contributed by atoms with Gasteiger partial charge in [0, 0.05) is 13.2 Å². The SMILES string of the molecule is Cn1cc(N)cc1C(=O)N1CC(=O)NC(=O)C1(C)C. The number of rotatable bonds is 1. The molecule has 102 valence electrons. The first-order valence-electron chi connectivity index (χ1n) is 5.81. The van der Waals surface area contributed by atoms with Crippen LogP contribution < -0.4 is 11.1 Å². The van der Waals surface area contributed by atoms with Gasteiger partial charge in [0.2, 0.25) is 5.91 Å². The van der Waals surface area contributed by atoms with Crippen LogP contribution in [-0.4, -0.2) is 39.3 Å². The molecule has 2 heterocycles. The zero-order valence-electron chi connectivity index (χ0n) is 11.1. The van der Waals surface area contributed by atoms with E-state index in [2.05, 4.69) is 5.32 Å². The molecule has 1 saturated heterocycles. The molecule has 1 aromatic heterocycles. The number of piperazine rings is 1. The number of nitrogens with two attached hydrogens (primary N) is 1. The predicted octanol–water partition coefficient (Wildman–Crippen LogP) is -0.515. The normalized spacial score (nSPS) is 18.4. The zero-order valence-corrected chi connectivity index (χ0v) is 11.1. The number of imide groups is 1. The summed E-state index contributed by atoms with van der Waals surface area (Å²) >= 11 is 0. The van der Waals surface area contributed by atoms with Gasteiger partial charge in [0.15, 0.2) is 0 Å². The Bertz CT molecular complexity index is 574. The lowest BCUT2D eigenvalue weighted by Crippen LogP contribution is -2.65. The van der Waals surface area contributed by atoms with Crippen LogP contribution in [0.25, 0.3) is 0 Å². The zero-order chi connectivity index (χ0) is 14.4. The van der Waals surface area contributed by atoms with E-state index in [1.54, 1.807) is 31.7 Å². The highest BCUT2D eigenvalue weighted by Crippen LogP contribution is 2.22. The Hall–Kier alpha value is -2.31. The molecule has 0 bridgehead atoms. The number of hydrogen-bond donors (Lipinski definition) is 2. The molecule has 7 nitrogen and oxygen atoms in total. The minimum absolute atomic E-state index is 0.150. The van der Waals surface area contributed by atoms with E-state index in [4.69, 9.17) is 5.73 Å². The lowest BCUT2D eigenvalue weighted by Gasteiger charge is -2.40. The summed E-state index contributed by atoms with van der Waals surface area (Å²) < 4.78 is 1.57. The third kappa shape index (κ3) is 2.07. The smallest absolute Gasteiger partial charge is 0.271 e. The molecule has 1 fully saturated rings. The van der Waals surface area contributed by atoms with E-state index in [9.17, 15) is 14.4 Å². The van der Waals surface area contributed by atoms with Crippen molar-refractivity contribution in [3.63, 3.8) is 0 Å². The second kappa shape index (κ2) is 4.11. The van der Waals surface area contributed by atoms with Crippen LogP contribution in [0.2, 0.25) is 0 Å². The fourth-order valence-electron chi connectivity index (χ4n) is 2.05. The maximum Gasteiger partial charge on any atom is 0.271 e. The van der Waals surface area contributed by atoms with Crippen molar-refractivity contribution in [1.29, 1.82) is 0 Å². The van der Waals surface area contributed by atoms with Crippen molar-refractivity contribution in [1.82, 2.24) is 14.8 Å². The molecule has 7 heteroatoms. The second-order valence-electron chi connectivity index (χ2n) is 5.10. The number of anilines is 1. The quantitative estimate of drug-likeness (QED) is 0.667. The van der Waals surface area contributed by atoms with Crippen LogP contribution in [0.15, 0.2) is 12.3 Å². The van der Waals surface area contributed by atoms with Gasteiger partial charge in [-0.15, -0.1) is 0 Å². The fraction of sp³-hybridized carbons (Fsp3) is 0.417. The first-order valence-corrected chi connectivity index (χ1v) is 5.81. The number of nitrogens with one attached hydrogen (secondary N) is 1. The second-order valence-corrected chi connectivity index (χ2v) is 5.10. The summed E-state index contributed by atoms with van der Waals surface area (Å²) in [6.45, 7) is 3.04. The number of carbonyl (C=O) groups excluding carboxylic acids is 3. The van der Waals surface area contributed by atoms with E-state index in [0.29, 0.717) is 11.4 Å². The van der Waals surface area contributed by atoms with Crippen molar-refractivity contribution in [3.05, 3.63) is 18.0 Å². The Balaban J connectivity index is 2.39. The van der Waals surface area contributed by atoms with Gasteiger partial charge in [0.05, 0.1) is 5.69 Å². The molecule has 0 aliphatic carbocycles.